The fraction of sp³-hybridized carbons (Fsp3) is 0.389. The lowest BCUT2D eigenvalue weighted by Gasteiger charge is -2.17. The topological polar surface area (TPSA) is 72.8 Å². The van der Waals surface area contributed by atoms with Crippen LogP contribution in [0.2, 0.25) is 0 Å². The van der Waals surface area contributed by atoms with Gasteiger partial charge in [-0.3, -0.25) is 9.78 Å². The van der Waals surface area contributed by atoms with E-state index in [1.807, 2.05) is 30.3 Å². The second-order valence-electron chi connectivity index (χ2n) is 6.20. The van der Waals surface area contributed by atoms with Gasteiger partial charge in [-0.25, -0.2) is 4.98 Å². The van der Waals surface area contributed by atoms with E-state index < -0.39 is 0 Å². The molecule has 0 aliphatic carbocycles. The van der Waals surface area contributed by atoms with Gasteiger partial charge in [-0.15, -0.1) is 0 Å². The Hall–Kier alpha value is -2.61. The minimum atomic E-state index is -0.368. The number of hydrogen-bond donors (Lipinski definition) is 1. The van der Waals surface area contributed by atoms with Crippen molar-refractivity contribution >= 4 is 5.95 Å². The molecule has 5 heteroatoms. The predicted octanol–water partition coefficient (Wildman–Crippen LogP) is 3.03. The smallest absolute Gasteiger partial charge is 0.270 e. The van der Waals surface area contributed by atoms with Gasteiger partial charge in [0.25, 0.3) is 5.56 Å². The lowest BCUT2D eigenvalue weighted by atomic mass is 10.00. The molecule has 0 bridgehead atoms. The highest BCUT2D eigenvalue weighted by Gasteiger charge is 2.19. The van der Waals surface area contributed by atoms with Gasteiger partial charge < -0.3 is 4.90 Å². The maximum absolute atomic E-state index is 12.3. The van der Waals surface area contributed by atoms with E-state index in [1.54, 1.807) is 0 Å². The Morgan fingerprint density at radius 2 is 1.87 bits per heavy atom. The van der Waals surface area contributed by atoms with Crippen LogP contribution < -0.4 is 10.5 Å². The van der Waals surface area contributed by atoms with E-state index in [-0.39, 0.29) is 11.1 Å². The number of nitrogens with zero attached hydrogens (tertiary/aromatic N) is 3. The summed E-state index contributed by atoms with van der Waals surface area (Å²) in [6.07, 6.45) is 2.20. The number of H-pyrrole nitrogens is 1. The summed E-state index contributed by atoms with van der Waals surface area (Å²) in [6, 6.07) is 9.92. The standard InChI is InChI=1S/C18H20N4O/c1-12(2)13-5-7-14(8-6-13)16-15(11-19)17(23)21-18(20-16)22-9-3-4-10-22/h5-8,12H,3-4,9-10H2,1-2H3,(H,20,21,23). The third-order valence-corrected chi connectivity index (χ3v) is 4.28. The van der Waals surface area contributed by atoms with Crippen molar-refractivity contribution in [2.45, 2.75) is 32.6 Å². The zero-order chi connectivity index (χ0) is 16.4. The van der Waals surface area contributed by atoms with Crippen molar-refractivity contribution in [1.29, 1.82) is 5.26 Å². The molecule has 1 aromatic heterocycles. The van der Waals surface area contributed by atoms with E-state index in [2.05, 4.69) is 28.7 Å². The number of aromatic nitrogens is 2. The molecule has 0 spiro atoms. The first-order valence-electron chi connectivity index (χ1n) is 8.00. The Balaban J connectivity index is 2.09. The summed E-state index contributed by atoms with van der Waals surface area (Å²) >= 11 is 0. The first-order valence-corrected chi connectivity index (χ1v) is 8.00. The average molecular weight is 308 g/mol. The van der Waals surface area contributed by atoms with Crippen LogP contribution in [0.1, 0.15) is 43.7 Å². The molecule has 1 aromatic carbocycles. The minimum Gasteiger partial charge on any atom is -0.342 e. The maximum Gasteiger partial charge on any atom is 0.270 e. The van der Waals surface area contributed by atoms with Gasteiger partial charge >= 0.3 is 0 Å². The molecular formula is C18H20N4O. The van der Waals surface area contributed by atoms with Gasteiger partial charge in [-0.1, -0.05) is 38.1 Å². The Morgan fingerprint density at radius 1 is 1.22 bits per heavy atom. The van der Waals surface area contributed by atoms with Crippen molar-refractivity contribution in [2.24, 2.45) is 0 Å². The van der Waals surface area contributed by atoms with Crippen LogP contribution >= 0.6 is 0 Å². The quantitative estimate of drug-likeness (QED) is 0.946. The number of benzene rings is 1. The molecular weight excluding hydrogens is 288 g/mol. The van der Waals surface area contributed by atoms with Crippen LogP contribution in [0.25, 0.3) is 11.3 Å². The molecule has 0 amide bonds. The van der Waals surface area contributed by atoms with Crippen molar-refractivity contribution in [1.82, 2.24) is 9.97 Å². The van der Waals surface area contributed by atoms with Crippen LogP contribution in [0.3, 0.4) is 0 Å². The van der Waals surface area contributed by atoms with Crippen LogP contribution in [-0.4, -0.2) is 23.1 Å². The third-order valence-electron chi connectivity index (χ3n) is 4.28. The molecule has 0 saturated carbocycles. The molecule has 3 rings (SSSR count). The van der Waals surface area contributed by atoms with Gasteiger partial charge in [0.2, 0.25) is 5.95 Å². The average Bonchev–Trinajstić information content (AvgIpc) is 3.08. The molecule has 118 valence electrons. The third kappa shape index (κ3) is 2.98. The summed E-state index contributed by atoms with van der Waals surface area (Å²) < 4.78 is 0. The molecule has 0 unspecified atom stereocenters. The molecule has 23 heavy (non-hydrogen) atoms. The molecule has 1 fully saturated rings. The van der Waals surface area contributed by atoms with E-state index in [4.69, 9.17) is 0 Å². The summed E-state index contributed by atoms with van der Waals surface area (Å²) in [6.45, 7) is 6.04. The van der Waals surface area contributed by atoms with Gasteiger partial charge in [0.05, 0.1) is 5.69 Å². The number of aromatic amines is 1. The molecule has 1 aliphatic heterocycles. The summed E-state index contributed by atoms with van der Waals surface area (Å²) in [5.74, 6) is 1.00. The second-order valence-corrected chi connectivity index (χ2v) is 6.20. The van der Waals surface area contributed by atoms with Crippen LogP contribution in [-0.2, 0) is 0 Å². The zero-order valence-corrected chi connectivity index (χ0v) is 13.5. The molecule has 1 N–H and O–H groups in total. The van der Waals surface area contributed by atoms with Crippen molar-refractivity contribution < 1.29 is 0 Å². The van der Waals surface area contributed by atoms with Crippen LogP contribution in [0, 0.1) is 11.3 Å². The van der Waals surface area contributed by atoms with Gasteiger partial charge in [0.15, 0.2) is 0 Å². The molecule has 1 saturated heterocycles. The zero-order valence-electron chi connectivity index (χ0n) is 13.5. The van der Waals surface area contributed by atoms with Crippen LogP contribution in [0.5, 0.6) is 0 Å². The highest BCUT2D eigenvalue weighted by molar-refractivity contribution is 5.67. The summed E-state index contributed by atoms with van der Waals surface area (Å²) in [5, 5.41) is 9.34. The number of nitriles is 1. The fourth-order valence-electron chi connectivity index (χ4n) is 2.88. The highest BCUT2D eigenvalue weighted by atomic mass is 16.1. The molecule has 2 aromatic rings. The van der Waals surface area contributed by atoms with E-state index in [0.29, 0.717) is 17.6 Å². The normalized spacial score (nSPS) is 14.3. The fourth-order valence-corrected chi connectivity index (χ4v) is 2.88. The Bertz CT molecular complexity index is 793. The number of nitrogens with one attached hydrogen (secondary N) is 1. The van der Waals surface area contributed by atoms with Crippen LogP contribution in [0.4, 0.5) is 5.95 Å². The summed E-state index contributed by atoms with van der Waals surface area (Å²) in [7, 11) is 0. The van der Waals surface area contributed by atoms with Gasteiger partial charge in [0.1, 0.15) is 11.6 Å². The van der Waals surface area contributed by atoms with Gasteiger partial charge in [-0.2, -0.15) is 5.26 Å². The van der Waals surface area contributed by atoms with E-state index >= 15 is 0 Å². The number of hydrogen-bond acceptors (Lipinski definition) is 4. The molecule has 1 aliphatic rings. The molecule has 0 radical (unpaired) electrons. The molecule has 0 atom stereocenters. The highest BCUT2D eigenvalue weighted by Crippen LogP contribution is 2.24. The van der Waals surface area contributed by atoms with E-state index in [9.17, 15) is 10.1 Å². The summed E-state index contributed by atoms with van der Waals surface area (Å²) in [5.41, 5.74) is 2.19. The van der Waals surface area contributed by atoms with Crippen molar-refractivity contribution in [3.05, 3.63) is 45.7 Å². The van der Waals surface area contributed by atoms with Crippen molar-refractivity contribution in [3.63, 3.8) is 0 Å². The lowest BCUT2D eigenvalue weighted by Crippen LogP contribution is -2.25. The number of anilines is 1. The number of rotatable bonds is 3. The van der Waals surface area contributed by atoms with Crippen molar-refractivity contribution in [2.75, 3.05) is 18.0 Å². The Kier molecular flexibility index (Phi) is 4.16. The SMILES string of the molecule is CC(C)c1ccc(-c2nc(N3CCCC3)[nH]c(=O)c2C#N)cc1. The monoisotopic (exact) mass is 308 g/mol. The van der Waals surface area contributed by atoms with Crippen molar-refractivity contribution in [3.8, 4) is 17.3 Å². The molecule has 5 nitrogen and oxygen atoms in total. The van der Waals surface area contributed by atoms with Gasteiger partial charge in [-0.05, 0) is 24.3 Å². The Morgan fingerprint density at radius 3 is 2.43 bits per heavy atom. The first kappa shape index (κ1) is 15.3. The predicted molar refractivity (Wildman–Crippen MR) is 90.5 cm³/mol. The van der Waals surface area contributed by atoms with Crippen LogP contribution in [0.15, 0.2) is 29.1 Å². The largest absolute Gasteiger partial charge is 0.342 e. The summed E-state index contributed by atoms with van der Waals surface area (Å²) in [4.78, 5) is 21.6. The first-order chi connectivity index (χ1) is 11.1. The van der Waals surface area contributed by atoms with E-state index in [0.717, 1.165) is 31.5 Å². The maximum atomic E-state index is 12.3. The second kappa shape index (κ2) is 6.25. The minimum absolute atomic E-state index is 0.0743. The van der Waals surface area contributed by atoms with E-state index in [1.165, 1.54) is 5.56 Å². The lowest BCUT2D eigenvalue weighted by molar-refractivity contribution is 0.866. The Labute approximate surface area is 135 Å². The molecule has 2 heterocycles. The van der Waals surface area contributed by atoms with Gasteiger partial charge in [0, 0.05) is 18.7 Å².